The molecule has 0 aliphatic heterocycles. The number of hydrogen-bond donors (Lipinski definition) is 2. The molecule has 0 aliphatic carbocycles. The normalized spacial score (nSPS) is 12.3. The lowest BCUT2D eigenvalue weighted by molar-refractivity contribution is -0.757. The van der Waals surface area contributed by atoms with Crippen LogP contribution in [0.2, 0.25) is 0 Å². The molecule has 0 bridgehead atoms. The summed E-state index contributed by atoms with van der Waals surface area (Å²) in [6, 6.07) is 16.1. The van der Waals surface area contributed by atoms with Crippen molar-refractivity contribution in [2.75, 3.05) is 12.9 Å². The summed E-state index contributed by atoms with van der Waals surface area (Å²) < 4.78 is 25.8. The van der Waals surface area contributed by atoms with Crippen LogP contribution < -0.4 is 0 Å². The van der Waals surface area contributed by atoms with Crippen molar-refractivity contribution in [2.45, 2.75) is 42.8 Å². The molecule has 0 saturated carbocycles. The van der Waals surface area contributed by atoms with Gasteiger partial charge >= 0.3 is 5.97 Å². The van der Waals surface area contributed by atoms with Crippen LogP contribution in [0.4, 0.5) is 0 Å². The minimum atomic E-state index is -3.36. The molecular formula is C25H28N2O7S2. The van der Waals surface area contributed by atoms with E-state index in [1.54, 1.807) is 12.1 Å². The molecule has 1 unspecified atom stereocenters. The van der Waals surface area contributed by atoms with Gasteiger partial charge in [-0.2, -0.15) is 12.6 Å². The van der Waals surface area contributed by atoms with Gasteiger partial charge in [0.05, 0.1) is 23.1 Å². The number of rotatable bonds is 12. The third-order valence-electron chi connectivity index (χ3n) is 6.00. The summed E-state index contributed by atoms with van der Waals surface area (Å²) in [6.45, 7) is 1.76. The standard InChI is InChI=1S/C25H28N2O7S2/c1-17-23(22(25(28)29)5-3-4-14-34-27(30)31)15-24(19-8-12-21(13-9-19)36(2,32)33)26(17)20-10-6-18(16-35)7-11-20/h6-13,15,22,35H,3-5,14,16H2,1-2H3,(H,28,29). The van der Waals surface area contributed by atoms with Gasteiger partial charge in [-0.1, -0.05) is 30.7 Å². The van der Waals surface area contributed by atoms with E-state index in [0.29, 0.717) is 24.2 Å². The van der Waals surface area contributed by atoms with E-state index in [1.807, 2.05) is 41.8 Å². The van der Waals surface area contributed by atoms with Crippen molar-refractivity contribution in [3.8, 4) is 16.9 Å². The van der Waals surface area contributed by atoms with Crippen LogP contribution in [-0.2, 0) is 25.2 Å². The minimum Gasteiger partial charge on any atom is -0.481 e. The van der Waals surface area contributed by atoms with Gasteiger partial charge < -0.3 is 14.5 Å². The van der Waals surface area contributed by atoms with Gasteiger partial charge in [-0.3, -0.25) is 4.79 Å². The molecule has 0 fully saturated rings. The van der Waals surface area contributed by atoms with E-state index in [-0.39, 0.29) is 17.9 Å². The molecular weight excluding hydrogens is 504 g/mol. The quantitative estimate of drug-likeness (QED) is 0.148. The lowest BCUT2D eigenvalue weighted by Gasteiger charge is -2.15. The number of aliphatic carboxylic acids is 1. The summed E-state index contributed by atoms with van der Waals surface area (Å²) in [5, 5.41) is 19.5. The van der Waals surface area contributed by atoms with Crippen molar-refractivity contribution in [3.05, 3.63) is 81.5 Å². The average molecular weight is 533 g/mol. The summed E-state index contributed by atoms with van der Waals surface area (Å²) in [7, 11) is -3.36. The number of hydrogen-bond acceptors (Lipinski definition) is 7. The van der Waals surface area contributed by atoms with Gasteiger partial charge in [0.1, 0.15) is 0 Å². The summed E-state index contributed by atoms with van der Waals surface area (Å²) in [5.74, 6) is -1.24. The van der Waals surface area contributed by atoms with Gasteiger partial charge in [0.2, 0.25) is 0 Å². The van der Waals surface area contributed by atoms with Crippen molar-refractivity contribution < 1.29 is 28.2 Å². The summed E-state index contributed by atoms with van der Waals surface area (Å²) in [6.07, 6.45) is 2.22. The van der Waals surface area contributed by atoms with Crippen LogP contribution in [-0.4, -0.2) is 42.0 Å². The number of carbonyl (C=O) groups is 1. The first-order valence-corrected chi connectivity index (χ1v) is 13.8. The third-order valence-corrected chi connectivity index (χ3v) is 7.49. The average Bonchev–Trinajstić information content (AvgIpc) is 3.17. The molecule has 0 saturated heterocycles. The van der Waals surface area contributed by atoms with Gasteiger partial charge in [-0.05, 0) is 66.8 Å². The molecule has 0 radical (unpaired) electrons. The second kappa shape index (κ2) is 11.6. The molecule has 2 aromatic carbocycles. The third kappa shape index (κ3) is 6.46. The van der Waals surface area contributed by atoms with Crippen molar-refractivity contribution in [2.24, 2.45) is 0 Å². The van der Waals surface area contributed by atoms with Gasteiger partial charge in [-0.25, -0.2) is 8.42 Å². The first-order valence-electron chi connectivity index (χ1n) is 11.3. The lowest BCUT2D eigenvalue weighted by atomic mass is 9.93. The van der Waals surface area contributed by atoms with Crippen molar-refractivity contribution in [3.63, 3.8) is 0 Å². The van der Waals surface area contributed by atoms with Crippen molar-refractivity contribution >= 4 is 28.4 Å². The smallest absolute Gasteiger partial charge is 0.311 e. The number of sulfone groups is 1. The Balaban J connectivity index is 2.05. The van der Waals surface area contributed by atoms with Crippen LogP contribution in [0.15, 0.2) is 59.5 Å². The number of unbranched alkanes of at least 4 members (excludes halogenated alkanes) is 1. The Morgan fingerprint density at radius 3 is 2.31 bits per heavy atom. The van der Waals surface area contributed by atoms with Crippen LogP contribution in [0.3, 0.4) is 0 Å². The van der Waals surface area contributed by atoms with Crippen molar-refractivity contribution in [1.82, 2.24) is 4.57 Å². The summed E-state index contributed by atoms with van der Waals surface area (Å²) in [5.41, 5.74) is 4.69. The number of carboxylic acid groups (broad SMARTS) is 1. The van der Waals surface area contributed by atoms with E-state index >= 15 is 0 Å². The largest absolute Gasteiger partial charge is 0.481 e. The van der Waals surface area contributed by atoms with Gasteiger partial charge in [-0.15, -0.1) is 10.1 Å². The van der Waals surface area contributed by atoms with Gasteiger partial charge in [0.25, 0.3) is 5.09 Å². The predicted octanol–water partition coefficient (Wildman–Crippen LogP) is 4.83. The highest BCUT2D eigenvalue weighted by molar-refractivity contribution is 7.90. The Labute approximate surface area is 215 Å². The van der Waals surface area contributed by atoms with Crippen LogP contribution in [0.1, 0.15) is 42.0 Å². The number of carboxylic acids is 1. The van der Waals surface area contributed by atoms with Crippen LogP contribution in [0.25, 0.3) is 16.9 Å². The molecule has 1 aromatic heterocycles. The highest BCUT2D eigenvalue weighted by Gasteiger charge is 2.26. The number of nitrogens with zero attached hydrogens (tertiary/aromatic N) is 2. The Hall–Kier alpha value is -3.31. The van der Waals surface area contributed by atoms with E-state index in [4.69, 9.17) is 0 Å². The maximum Gasteiger partial charge on any atom is 0.311 e. The first kappa shape index (κ1) is 27.3. The zero-order valence-electron chi connectivity index (χ0n) is 20.0. The van der Waals surface area contributed by atoms with Crippen LogP contribution in [0.5, 0.6) is 0 Å². The van der Waals surface area contributed by atoms with Crippen LogP contribution >= 0.6 is 12.6 Å². The fourth-order valence-electron chi connectivity index (χ4n) is 4.15. The lowest BCUT2D eigenvalue weighted by Crippen LogP contribution is -2.13. The fourth-order valence-corrected chi connectivity index (χ4v) is 4.99. The Morgan fingerprint density at radius 1 is 1.14 bits per heavy atom. The fraction of sp³-hybridized carbons (Fsp3) is 0.320. The summed E-state index contributed by atoms with van der Waals surface area (Å²) in [4.78, 5) is 27.1. The number of aromatic nitrogens is 1. The van der Waals surface area contributed by atoms with Gasteiger partial charge in [0.15, 0.2) is 9.84 Å². The van der Waals surface area contributed by atoms with E-state index in [1.165, 1.54) is 12.1 Å². The molecule has 0 amide bonds. The molecule has 11 heteroatoms. The summed E-state index contributed by atoms with van der Waals surface area (Å²) >= 11 is 4.31. The molecule has 1 atom stereocenters. The molecule has 3 aromatic rings. The molecule has 3 rings (SSSR count). The molecule has 9 nitrogen and oxygen atoms in total. The molecule has 1 N–H and O–H groups in total. The molecule has 0 spiro atoms. The maximum atomic E-state index is 12.2. The van der Waals surface area contributed by atoms with Crippen molar-refractivity contribution in [1.29, 1.82) is 0 Å². The number of benzene rings is 2. The molecule has 0 aliphatic rings. The molecule has 192 valence electrons. The minimum absolute atomic E-state index is 0.0885. The Bertz CT molecular complexity index is 1330. The highest BCUT2D eigenvalue weighted by atomic mass is 32.2. The van der Waals surface area contributed by atoms with E-state index in [2.05, 4.69) is 17.5 Å². The Kier molecular flexibility index (Phi) is 8.80. The second-order valence-corrected chi connectivity index (χ2v) is 10.8. The zero-order chi connectivity index (χ0) is 26.5. The topological polar surface area (TPSA) is 129 Å². The maximum absolute atomic E-state index is 12.2. The molecule has 1 heterocycles. The Morgan fingerprint density at radius 2 is 1.78 bits per heavy atom. The first-order chi connectivity index (χ1) is 17.0. The van der Waals surface area contributed by atoms with Gasteiger partial charge in [0, 0.05) is 23.4 Å². The predicted molar refractivity (Wildman–Crippen MR) is 139 cm³/mol. The highest BCUT2D eigenvalue weighted by Crippen LogP contribution is 2.35. The zero-order valence-corrected chi connectivity index (χ0v) is 21.7. The van der Waals surface area contributed by atoms with Crippen LogP contribution in [0, 0.1) is 17.0 Å². The second-order valence-electron chi connectivity index (χ2n) is 8.47. The van der Waals surface area contributed by atoms with E-state index in [9.17, 15) is 28.4 Å². The van der Waals surface area contributed by atoms with E-state index in [0.717, 1.165) is 34.5 Å². The SMILES string of the molecule is Cc1c(C(CCCCO[N+](=O)[O-])C(=O)O)cc(-c2ccc(S(C)(=O)=O)cc2)n1-c1ccc(CS)cc1. The monoisotopic (exact) mass is 532 g/mol. The molecule has 36 heavy (non-hydrogen) atoms. The number of thiol groups is 1. The van der Waals surface area contributed by atoms with E-state index < -0.39 is 26.8 Å².